The molecule has 8 nitrogen and oxygen atoms in total. The van der Waals surface area contributed by atoms with Crippen molar-refractivity contribution < 1.29 is 14.1 Å². The first-order valence-electron chi connectivity index (χ1n) is 7.07. The number of carbonyl (C=O) groups excluding carboxylic acids is 2. The van der Waals surface area contributed by atoms with E-state index in [-0.39, 0.29) is 24.8 Å². The SMILES string of the molecule is Cc1nc(CC(=O)NCC(=O)Nc2ccc(N(C)C)cc2)no1. The molecule has 122 valence electrons. The third kappa shape index (κ3) is 5.10. The lowest BCUT2D eigenvalue weighted by atomic mass is 10.2. The average molecular weight is 317 g/mol. The second-order valence-corrected chi connectivity index (χ2v) is 5.17. The Morgan fingerprint density at radius 3 is 2.43 bits per heavy atom. The first kappa shape index (κ1) is 16.5. The zero-order chi connectivity index (χ0) is 16.8. The molecule has 0 bridgehead atoms. The zero-order valence-electron chi connectivity index (χ0n) is 13.3. The molecule has 0 radical (unpaired) electrons. The van der Waals surface area contributed by atoms with Gasteiger partial charge in [-0.1, -0.05) is 5.16 Å². The predicted molar refractivity (Wildman–Crippen MR) is 85.1 cm³/mol. The fourth-order valence-electron chi connectivity index (χ4n) is 1.85. The van der Waals surface area contributed by atoms with E-state index in [1.54, 1.807) is 19.1 Å². The summed E-state index contributed by atoms with van der Waals surface area (Å²) in [6.07, 6.45) is -0.0256. The zero-order valence-corrected chi connectivity index (χ0v) is 13.3. The molecular weight excluding hydrogens is 298 g/mol. The minimum atomic E-state index is -0.344. The summed E-state index contributed by atoms with van der Waals surface area (Å²) < 4.78 is 4.77. The summed E-state index contributed by atoms with van der Waals surface area (Å²) >= 11 is 0. The fourth-order valence-corrected chi connectivity index (χ4v) is 1.85. The Hall–Kier alpha value is -2.90. The summed E-state index contributed by atoms with van der Waals surface area (Å²) in [6, 6.07) is 7.40. The molecule has 1 aromatic carbocycles. The summed E-state index contributed by atoms with van der Waals surface area (Å²) in [4.78, 5) is 29.4. The smallest absolute Gasteiger partial charge is 0.243 e. The number of hydrogen-bond donors (Lipinski definition) is 2. The van der Waals surface area contributed by atoms with Gasteiger partial charge in [-0.25, -0.2) is 0 Å². The van der Waals surface area contributed by atoms with Crippen molar-refractivity contribution in [3.05, 3.63) is 36.0 Å². The quantitative estimate of drug-likeness (QED) is 0.815. The Morgan fingerprint density at radius 1 is 1.17 bits per heavy atom. The van der Waals surface area contributed by atoms with Crippen LogP contribution >= 0.6 is 0 Å². The van der Waals surface area contributed by atoms with Gasteiger partial charge in [0.15, 0.2) is 5.82 Å². The Balaban J connectivity index is 1.77. The molecule has 1 heterocycles. The van der Waals surface area contributed by atoms with Crippen molar-refractivity contribution in [3.63, 3.8) is 0 Å². The van der Waals surface area contributed by atoms with Gasteiger partial charge in [0.05, 0.1) is 13.0 Å². The van der Waals surface area contributed by atoms with Gasteiger partial charge in [-0.2, -0.15) is 4.98 Å². The largest absolute Gasteiger partial charge is 0.378 e. The van der Waals surface area contributed by atoms with E-state index in [2.05, 4.69) is 20.8 Å². The Bertz CT molecular complexity index is 679. The highest BCUT2D eigenvalue weighted by Crippen LogP contribution is 2.15. The van der Waals surface area contributed by atoms with Gasteiger partial charge in [-0.3, -0.25) is 9.59 Å². The van der Waals surface area contributed by atoms with Gasteiger partial charge in [0.1, 0.15) is 0 Å². The Labute approximate surface area is 133 Å². The van der Waals surface area contributed by atoms with Crippen molar-refractivity contribution >= 4 is 23.2 Å². The second kappa shape index (κ2) is 7.39. The van der Waals surface area contributed by atoms with E-state index in [9.17, 15) is 9.59 Å². The molecule has 0 unspecified atom stereocenters. The predicted octanol–water partition coefficient (Wildman–Crippen LogP) is 0.741. The number of nitrogens with zero attached hydrogens (tertiary/aromatic N) is 3. The highest BCUT2D eigenvalue weighted by Gasteiger charge is 2.10. The number of aromatic nitrogens is 2. The van der Waals surface area contributed by atoms with Gasteiger partial charge >= 0.3 is 0 Å². The van der Waals surface area contributed by atoms with Crippen LogP contribution in [0.3, 0.4) is 0 Å². The summed E-state index contributed by atoms with van der Waals surface area (Å²) in [6.45, 7) is 1.52. The van der Waals surface area contributed by atoms with E-state index in [0.717, 1.165) is 5.69 Å². The molecule has 0 saturated carbocycles. The molecule has 2 N–H and O–H groups in total. The Morgan fingerprint density at radius 2 is 1.87 bits per heavy atom. The van der Waals surface area contributed by atoms with Gasteiger partial charge in [0.2, 0.25) is 17.7 Å². The summed E-state index contributed by atoms with van der Waals surface area (Å²) in [7, 11) is 3.88. The van der Waals surface area contributed by atoms with Gasteiger partial charge in [0, 0.05) is 32.4 Å². The number of anilines is 2. The maximum Gasteiger partial charge on any atom is 0.243 e. The lowest BCUT2D eigenvalue weighted by Gasteiger charge is -2.13. The standard InChI is InChI=1S/C15H19N5O3/c1-10-17-13(19-23-10)8-14(21)16-9-15(22)18-11-4-6-12(7-5-11)20(2)3/h4-7H,8-9H2,1-3H3,(H,16,21)(H,18,22). The third-order valence-electron chi connectivity index (χ3n) is 3.00. The van der Waals surface area contributed by atoms with Gasteiger partial charge in [-0.05, 0) is 24.3 Å². The molecule has 23 heavy (non-hydrogen) atoms. The van der Waals surface area contributed by atoms with E-state index in [0.29, 0.717) is 17.4 Å². The lowest BCUT2D eigenvalue weighted by Crippen LogP contribution is -2.34. The van der Waals surface area contributed by atoms with Crippen molar-refractivity contribution in [1.29, 1.82) is 0 Å². The van der Waals surface area contributed by atoms with E-state index in [1.165, 1.54) is 0 Å². The minimum Gasteiger partial charge on any atom is -0.378 e. The van der Waals surface area contributed by atoms with Crippen molar-refractivity contribution in [2.75, 3.05) is 30.9 Å². The van der Waals surface area contributed by atoms with Crippen LogP contribution < -0.4 is 15.5 Å². The molecule has 2 rings (SSSR count). The van der Waals surface area contributed by atoms with E-state index < -0.39 is 0 Å². The van der Waals surface area contributed by atoms with Crippen LogP contribution in [0.4, 0.5) is 11.4 Å². The molecule has 1 aromatic heterocycles. The molecule has 0 spiro atoms. The number of carbonyl (C=O) groups is 2. The summed E-state index contributed by atoms with van der Waals surface area (Å²) in [5, 5.41) is 8.84. The number of hydrogen-bond acceptors (Lipinski definition) is 6. The van der Waals surface area contributed by atoms with Crippen LogP contribution in [0, 0.1) is 6.92 Å². The average Bonchev–Trinajstić information content (AvgIpc) is 2.91. The lowest BCUT2D eigenvalue weighted by molar-refractivity contribution is -0.123. The maximum absolute atomic E-state index is 11.8. The second-order valence-electron chi connectivity index (χ2n) is 5.17. The number of nitrogens with one attached hydrogen (secondary N) is 2. The van der Waals surface area contributed by atoms with Crippen LogP contribution in [0.15, 0.2) is 28.8 Å². The molecule has 0 aliphatic carbocycles. The fraction of sp³-hybridized carbons (Fsp3) is 0.333. The third-order valence-corrected chi connectivity index (χ3v) is 3.00. The molecule has 2 amide bonds. The van der Waals surface area contributed by atoms with Crippen molar-refractivity contribution in [1.82, 2.24) is 15.5 Å². The molecule has 0 aliphatic heterocycles. The van der Waals surface area contributed by atoms with E-state index >= 15 is 0 Å². The normalized spacial score (nSPS) is 10.2. The molecule has 0 saturated heterocycles. The van der Waals surface area contributed by atoms with Crippen LogP contribution in [-0.2, 0) is 16.0 Å². The number of rotatable bonds is 6. The number of benzene rings is 1. The molecule has 2 aromatic rings. The van der Waals surface area contributed by atoms with Crippen molar-refractivity contribution in [2.24, 2.45) is 0 Å². The molecule has 0 aliphatic rings. The van der Waals surface area contributed by atoms with Gasteiger partial charge in [0.25, 0.3) is 0 Å². The van der Waals surface area contributed by atoms with Crippen LogP contribution in [0.25, 0.3) is 0 Å². The van der Waals surface area contributed by atoms with Crippen LogP contribution in [0.5, 0.6) is 0 Å². The molecular formula is C15H19N5O3. The number of aryl methyl sites for hydroxylation is 1. The topological polar surface area (TPSA) is 100 Å². The minimum absolute atomic E-state index is 0.0256. The van der Waals surface area contributed by atoms with Crippen molar-refractivity contribution in [3.8, 4) is 0 Å². The van der Waals surface area contributed by atoms with Crippen molar-refractivity contribution in [2.45, 2.75) is 13.3 Å². The molecule has 8 heteroatoms. The maximum atomic E-state index is 11.8. The first-order chi connectivity index (χ1) is 10.9. The van der Waals surface area contributed by atoms with Gasteiger partial charge in [-0.15, -0.1) is 0 Å². The van der Waals surface area contributed by atoms with Gasteiger partial charge < -0.3 is 20.1 Å². The molecule has 0 fully saturated rings. The first-order valence-corrected chi connectivity index (χ1v) is 7.07. The van der Waals surface area contributed by atoms with Crippen LogP contribution in [0.1, 0.15) is 11.7 Å². The highest BCUT2D eigenvalue weighted by atomic mass is 16.5. The Kier molecular flexibility index (Phi) is 5.29. The monoisotopic (exact) mass is 317 g/mol. The van der Waals surface area contributed by atoms with Crippen LogP contribution in [-0.4, -0.2) is 42.6 Å². The summed E-state index contributed by atoms with van der Waals surface area (Å²) in [5.41, 5.74) is 1.70. The molecule has 0 atom stereocenters. The highest BCUT2D eigenvalue weighted by molar-refractivity contribution is 5.94. The van der Waals surface area contributed by atoms with Crippen LogP contribution in [0.2, 0.25) is 0 Å². The summed E-state index contributed by atoms with van der Waals surface area (Å²) in [5.74, 6) is 0.0375. The van der Waals surface area contributed by atoms with E-state index in [1.807, 2.05) is 31.1 Å². The van der Waals surface area contributed by atoms with E-state index in [4.69, 9.17) is 4.52 Å². The number of amides is 2.